The Bertz CT molecular complexity index is 609. The number of H-pyrrole nitrogens is 1. The van der Waals surface area contributed by atoms with Gasteiger partial charge in [-0.15, -0.1) is 5.10 Å². The molecule has 1 aromatic carbocycles. The summed E-state index contributed by atoms with van der Waals surface area (Å²) in [5.41, 5.74) is 1.93. The highest BCUT2D eigenvalue weighted by atomic mass is 32.2. The van der Waals surface area contributed by atoms with Crippen molar-refractivity contribution in [3.63, 3.8) is 0 Å². The average Bonchev–Trinajstić information content (AvgIpc) is 2.83. The number of aryl methyl sites for hydroxylation is 1. The molecular formula is C15H20N4OS. The van der Waals surface area contributed by atoms with E-state index in [0.29, 0.717) is 16.8 Å². The summed E-state index contributed by atoms with van der Waals surface area (Å²) in [4.78, 5) is 16.2. The zero-order valence-corrected chi connectivity index (χ0v) is 13.3. The maximum Gasteiger partial charge on any atom is 0.234 e. The Balaban J connectivity index is 1.82. The van der Waals surface area contributed by atoms with Crippen molar-refractivity contribution in [2.75, 3.05) is 11.1 Å². The molecule has 6 heteroatoms. The monoisotopic (exact) mass is 304 g/mol. The molecule has 0 spiro atoms. The van der Waals surface area contributed by atoms with Gasteiger partial charge in [-0.2, -0.15) is 0 Å². The number of aromatic amines is 1. The van der Waals surface area contributed by atoms with Gasteiger partial charge in [0.25, 0.3) is 0 Å². The van der Waals surface area contributed by atoms with Gasteiger partial charge in [-0.1, -0.05) is 37.7 Å². The second kappa shape index (κ2) is 7.26. The SMILES string of the molecule is Cc1cccc(NC(=O)CSc2n[nH]c(CC(C)C)n2)c1. The molecule has 2 aromatic rings. The summed E-state index contributed by atoms with van der Waals surface area (Å²) in [5, 5.41) is 10.5. The number of hydrogen-bond acceptors (Lipinski definition) is 4. The van der Waals surface area contributed by atoms with Gasteiger partial charge in [0.2, 0.25) is 11.1 Å². The molecule has 0 radical (unpaired) electrons. The van der Waals surface area contributed by atoms with E-state index in [9.17, 15) is 4.79 Å². The number of rotatable bonds is 6. The average molecular weight is 304 g/mol. The van der Waals surface area contributed by atoms with Gasteiger partial charge < -0.3 is 5.32 Å². The van der Waals surface area contributed by atoms with Crippen molar-refractivity contribution in [2.24, 2.45) is 5.92 Å². The van der Waals surface area contributed by atoms with Crippen LogP contribution in [0.15, 0.2) is 29.4 Å². The lowest BCUT2D eigenvalue weighted by Crippen LogP contribution is -2.14. The van der Waals surface area contributed by atoms with Crippen LogP contribution in [0.1, 0.15) is 25.2 Å². The molecule has 0 bridgehead atoms. The van der Waals surface area contributed by atoms with E-state index in [-0.39, 0.29) is 5.91 Å². The van der Waals surface area contributed by atoms with Gasteiger partial charge >= 0.3 is 0 Å². The van der Waals surface area contributed by atoms with E-state index in [4.69, 9.17) is 0 Å². The van der Waals surface area contributed by atoms with Crippen LogP contribution in [-0.4, -0.2) is 26.8 Å². The zero-order chi connectivity index (χ0) is 15.2. The molecule has 1 amide bonds. The molecule has 0 unspecified atom stereocenters. The number of thioether (sulfide) groups is 1. The summed E-state index contributed by atoms with van der Waals surface area (Å²) < 4.78 is 0. The number of nitrogens with one attached hydrogen (secondary N) is 2. The smallest absolute Gasteiger partial charge is 0.234 e. The molecule has 0 fully saturated rings. The van der Waals surface area contributed by atoms with Gasteiger partial charge in [-0.05, 0) is 30.5 Å². The van der Waals surface area contributed by atoms with Crippen LogP contribution in [0, 0.1) is 12.8 Å². The fourth-order valence-corrected chi connectivity index (χ4v) is 2.49. The minimum Gasteiger partial charge on any atom is -0.325 e. The van der Waals surface area contributed by atoms with Crippen molar-refractivity contribution in [3.05, 3.63) is 35.7 Å². The summed E-state index contributed by atoms with van der Waals surface area (Å²) in [5.74, 6) is 1.64. The summed E-state index contributed by atoms with van der Waals surface area (Å²) in [6.45, 7) is 6.25. The summed E-state index contributed by atoms with van der Waals surface area (Å²) in [7, 11) is 0. The normalized spacial score (nSPS) is 10.9. The number of anilines is 1. The maximum absolute atomic E-state index is 11.9. The maximum atomic E-state index is 11.9. The predicted octanol–water partition coefficient (Wildman–Crippen LogP) is 3.04. The van der Waals surface area contributed by atoms with E-state index in [1.54, 1.807) is 0 Å². The highest BCUT2D eigenvalue weighted by Crippen LogP contribution is 2.15. The fraction of sp³-hybridized carbons (Fsp3) is 0.400. The minimum absolute atomic E-state index is 0.0548. The van der Waals surface area contributed by atoms with Crippen LogP contribution in [-0.2, 0) is 11.2 Å². The number of benzene rings is 1. The number of hydrogen-bond donors (Lipinski definition) is 2. The molecule has 0 aliphatic heterocycles. The Labute approximate surface area is 128 Å². The molecular weight excluding hydrogens is 284 g/mol. The van der Waals surface area contributed by atoms with E-state index in [1.807, 2.05) is 31.2 Å². The van der Waals surface area contributed by atoms with Gasteiger partial charge in [0.15, 0.2) is 0 Å². The third kappa shape index (κ3) is 5.23. The number of carbonyl (C=O) groups excluding carboxylic acids is 1. The molecule has 112 valence electrons. The Morgan fingerprint density at radius 1 is 1.43 bits per heavy atom. The van der Waals surface area contributed by atoms with Crippen molar-refractivity contribution >= 4 is 23.4 Å². The van der Waals surface area contributed by atoms with Gasteiger partial charge in [-0.3, -0.25) is 9.89 Å². The summed E-state index contributed by atoms with van der Waals surface area (Å²) in [6.07, 6.45) is 0.864. The van der Waals surface area contributed by atoms with E-state index in [1.165, 1.54) is 11.8 Å². The fourth-order valence-electron chi connectivity index (χ4n) is 1.87. The standard InChI is InChI=1S/C15H20N4OS/c1-10(2)7-13-17-15(19-18-13)21-9-14(20)16-12-6-4-5-11(3)8-12/h4-6,8,10H,7,9H2,1-3H3,(H,16,20)(H,17,18,19). The molecule has 0 aliphatic rings. The molecule has 1 aromatic heterocycles. The Hall–Kier alpha value is -1.82. The van der Waals surface area contributed by atoms with E-state index >= 15 is 0 Å². The van der Waals surface area contributed by atoms with Gasteiger partial charge in [-0.25, -0.2) is 4.98 Å². The van der Waals surface area contributed by atoms with Crippen molar-refractivity contribution in [3.8, 4) is 0 Å². The molecule has 21 heavy (non-hydrogen) atoms. The van der Waals surface area contributed by atoms with E-state index in [0.717, 1.165) is 23.5 Å². The first-order chi connectivity index (χ1) is 10.0. The molecule has 2 rings (SSSR count). The van der Waals surface area contributed by atoms with Crippen molar-refractivity contribution in [1.82, 2.24) is 15.2 Å². The quantitative estimate of drug-likeness (QED) is 0.805. The minimum atomic E-state index is -0.0548. The van der Waals surface area contributed by atoms with Crippen LogP contribution < -0.4 is 5.32 Å². The van der Waals surface area contributed by atoms with Gasteiger partial charge in [0.1, 0.15) is 5.82 Å². The van der Waals surface area contributed by atoms with Crippen molar-refractivity contribution in [2.45, 2.75) is 32.3 Å². The Kier molecular flexibility index (Phi) is 5.38. The first kappa shape index (κ1) is 15.6. The molecule has 0 aliphatic carbocycles. The number of carbonyl (C=O) groups is 1. The summed E-state index contributed by atoms with van der Waals surface area (Å²) in [6, 6.07) is 7.74. The van der Waals surface area contributed by atoms with Crippen molar-refractivity contribution in [1.29, 1.82) is 0 Å². The molecule has 2 N–H and O–H groups in total. The lowest BCUT2D eigenvalue weighted by molar-refractivity contribution is -0.113. The molecule has 0 atom stereocenters. The lowest BCUT2D eigenvalue weighted by Gasteiger charge is -2.04. The lowest BCUT2D eigenvalue weighted by atomic mass is 10.1. The van der Waals surface area contributed by atoms with Crippen LogP contribution in [0.4, 0.5) is 5.69 Å². The summed E-state index contributed by atoms with van der Waals surface area (Å²) >= 11 is 1.33. The van der Waals surface area contributed by atoms with Gasteiger partial charge in [0, 0.05) is 12.1 Å². The highest BCUT2D eigenvalue weighted by Gasteiger charge is 2.09. The number of amides is 1. The third-order valence-electron chi connectivity index (χ3n) is 2.75. The van der Waals surface area contributed by atoms with E-state index < -0.39 is 0 Å². The predicted molar refractivity (Wildman–Crippen MR) is 85.5 cm³/mol. The zero-order valence-electron chi connectivity index (χ0n) is 12.5. The second-order valence-corrected chi connectivity index (χ2v) is 6.31. The van der Waals surface area contributed by atoms with Crippen LogP contribution in [0.3, 0.4) is 0 Å². The second-order valence-electron chi connectivity index (χ2n) is 5.37. The van der Waals surface area contributed by atoms with Crippen LogP contribution in [0.2, 0.25) is 0 Å². The third-order valence-corrected chi connectivity index (χ3v) is 3.59. The number of aromatic nitrogens is 3. The largest absolute Gasteiger partial charge is 0.325 e. The van der Waals surface area contributed by atoms with E-state index in [2.05, 4.69) is 34.3 Å². The highest BCUT2D eigenvalue weighted by molar-refractivity contribution is 7.99. The first-order valence-corrected chi connectivity index (χ1v) is 7.92. The molecule has 0 saturated heterocycles. The van der Waals surface area contributed by atoms with Crippen molar-refractivity contribution < 1.29 is 4.79 Å². The molecule has 5 nitrogen and oxygen atoms in total. The topological polar surface area (TPSA) is 70.7 Å². The molecule has 1 heterocycles. The Morgan fingerprint density at radius 2 is 2.24 bits per heavy atom. The first-order valence-electron chi connectivity index (χ1n) is 6.93. The van der Waals surface area contributed by atoms with Gasteiger partial charge in [0.05, 0.1) is 5.75 Å². The number of nitrogens with zero attached hydrogens (tertiary/aromatic N) is 2. The Morgan fingerprint density at radius 3 is 2.95 bits per heavy atom. The van der Waals surface area contributed by atoms with Crippen LogP contribution in [0.5, 0.6) is 0 Å². The van der Waals surface area contributed by atoms with Crippen LogP contribution in [0.25, 0.3) is 0 Å². The molecule has 0 saturated carbocycles. The van der Waals surface area contributed by atoms with Crippen LogP contribution >= 0.6 is 11.8 Å².